The molecule has 2 aliphatic heterocycles. The summed E-state index contributed by atoms with van der Waals surface area (Å²) in [5, 5.41) is 5.04. The van der Waals surface area contributed by atoms with E-state index < -0.39 is 0 Å². The van der Waals surface area contributed by atoms with Gasteiger partial charge in [0.15, 0.2) is 5.78 Å². The first-order chi connectivity index (χ1) is 20.9. The quantitative estimate of drug-likeness (QED) is 0.175. The lowest BCUT2D eigenvalue weighted by Gasteiger charge is -2.39. The van der Waals surface area contributed by atoms with Gasteiger partial charge < -0.3 is 9.88 Å². The Morgan fingerprint density at radius 2 is 1.79 bits per heavy atom. The number of fused-ring (bicyclic) bond motifs is 3. The number of nitrogens with one attached hydrogen (secondary N) is 1. The van der Waals surface area contributed by atoms with Gasteiger partial charge in [-0.2, -0.15) is 0 Å². The Morgan fingerprint density at radius 1 is 0.977 bits per heavy atom. The van der Waals surface area contributed by atoms with Crippen molar-refractivity contribution in [1.29, 1.82) is 0 Å². The smallest absolute Gasteiger partial charge is 0.253 e. The van der Waals surface area contributed by atoms with Crippen molar-refractivity contribution < 1.29 is 9.59 Å². The van der Waals surface area contributed by atoms with Crippen LogP contribution in [0.2, 0.25) is 10.0 Å². The molecule has 0 radical (unpaired) electrons. The van der Waals surface area contributed by atoms with E-state index in [1.807, 2.05) is 36.5 Å². The van der Waals surface area contributed by atoms with E-state index >= 15 is 0 Å². The maximum atomic E-state index is 13.4. The number of piperidine rings is 1. The number of para-hydroxylation sites is 1. The molecule has 2 aromatic carbocycles. The summed E-state index contributed by atoms with van der Waals surface area (Å²) in [6, 6.07) is 18.3. The van der Waals surface area contributed by atoms with E-state index in [4.69, 9.17) is 23.2 Å². The maximum absolute atomic E-state index is 13.4. The fourth-order valence-corrected chi connectivity index (χ4v) is 7.56. The maximum Gasteiger partial charge on any atom is 0.253 e. The summed E-state index contributed by atoms with van der Waals surface area (Å²) < 4.78 is 2.28. The van der Waals surface area contributed by atoms with Gasteiger partial charge in [-0.15, -0.1) is 0 Å². The van der Waals surface area contributed by atoms with Gasteiger partial charge in [-0.05, 0) is 79.8 Å². The third-order valence-electron chi connectivity index (χ3n) is 9.27. The molecule has 0 saturated carbocycles. The Bertz CT molecular complexity index is 1610. The number of aryl methyl sites for hydroxylation is 2. The third kappa shape index (κ3) is 6.52. The van der Waals surface area contributed by atoms with Crippen LogP contribution in [0.5, 0.6) is 0 Å². The van der Waals surface area contributed by atoms with Gasteiger partial charge in [-0.1, -0.05) is 60.5 Å². The number of carbonyl (C=O) groups excluding carboxylic acids is 2. The monoisotopic (exact) mass is 616 g/mol. The van der Waals surface area contributed by atoms with E-state index in [1.54, 1.807) is 18.3 Å². The average molecular weight is 618 g/mol. The van der Waals surface area contributed by atoms with Crippen LogP contribution in [-0.2, 0) is 19.5 Å². The molecule has 2 fully saturated rings. The minimum atomic E-state index is -0.0940. The highest BCUT2D eigenvalue weighted by Crippen LogP contribution is 2.40. The summed E-state index contributed by atoms with van der Waals surface area (Å²) in [4.78, 5) is 33.1. The summed E-state index contributed by atoms with van der Waals surface area (Å²) in [7, 11) is 0. The lowest BCUT2D eigenvalue weighted by atomic mass is 9.86. The number of nitrogens with zero attached hydrogens (tertiary/aromatic N) is 3. The summed E-state index contributed by atoms with van der Waals surface area (Å²) >= 11 is 12.2. The van der Waals surface area contributed by atoms with Crippen LogP contribution >= 0.6 is 23.2 Å². The molecule has 2 aromatic heterocycles. The number of amides is 1. The van der Waals surface area contributed by atoms with Gasteiger partial charge in [0.25, 0.3) is 5.91 Å². The molecule has 2 bridgehead atoms. The first-order valence-electron chi connectivity index (χ1n) is 15.4. The zero-order chi connectivity index (χ0) is 29.9. The van der Waals surface area contributed by atoms with Gasteiger partial charge in [0.2, 0.25) is 0 Å². The molecule has 1 unspecified atom stereocenters. The normalized spacial score (nSPS) is 20.0. The van der Waals surface area contributed by atoms with E-state index in [9.17, 15) is 9.59 Å². The van der Waals surface area contributed by atoms with Crippen molar-refractivity contribution in [3.63, 3.8) is 0 Å². The molecule has 0 aliphatic carbocycles. The number of aromatic nitrogens is 2. The van der Waals surface area contributed by atoms with Crippen molar-refractivity contribution >= 4 is 45.8 Å². The SMILES string of the molecule is CCc1cccc2c(C(=O)NCc3ccc(Cl)c(Cl)c3)cn(CCCN3[C@@H]4CC[C@H]3CC(CC(=O)c3ccccn3)C4)c12. The first-order valence-corrected chi connectivity index (χ1v) is 16.2. The standard InChI is InChI=1S/C35H38Cl2N4O2/c1-2-25-7-5-8-28-29(35(43)39-21-23-10-13-30(36)31(37)19-23)22-40(34(25)28)15-6-16-41-26-11-12-27(41)18-24(17-26)20-33(42)32-9-3-4-14-38-32/h3-5,7-10,13-14,19,22,24,26-27H,2,6,11-12,15-18,20-21H2,1H3,(H,39,43)/t24?,26-,27+. The van der Waals surface area contributed by atoms with Crippen LogP contribution in [-0.4, -0.2) is 44.8 Å². The number of Topliss-reactive ketones (excluding diaryl/α,β-unsaturated/α-hetero) is 1. The van der Waals surface area contributed by atoms with E-state index in [0.717, 1.165) is 55.2 Å². The summed E-state index contributed by atoms with van der Waals surface area (Å²) in [5.74, 6) is 0.513. The average Bonchev–Trinajstić information content (AvgIpc) is 3.51. The fraction of sp³-hybridized carbons (Fsp3) is 0.400. The summed E-state index contributed by atoms with van der Waals surface area (Å²) in [6.07, 6.45) is 10.8. The van der Waals surface area contributed by atoms with Crippen LogP contribution in [0.4, 0.5) is 0 Å². The number of carbonyl (C=O) groups is 2. The molecule has 8 heteroatoms. The highest BCUT2D eigenvalue weighted by molar-refractivity contribution is 6.42. The van der Waals surface area contributed by atoms with Crippen LogP contribution in [0, 0.1) is 5.92 Å². The fourth-order valence-electron chi connectivity index (χ4n) is 7.24. The number of rotatable bonds is 11. The van der Waals surface area contributed by atoms with Crippen LogP contribution in [0.25, 0.3) is 10.9 Å². The van der Waals surface area contributed by atoms with Crippen LogP contribution in [0.1, 0.15) is 77.4 Å². The topological polar surface area (TPSA) is 67.2 Å². The minimum Gasteiger partial charge on any atom is -0.348 e. The Kier molecular flexibility index (Phi) is 9.17. The molecule has 0 spiro atoms. The molecule has 6 nitrogen and oxygen atoms in total. The largest absolute Gasteiger partial charge is 0.348 e. The summed E-state index contributed by atoms with van der Waals surface area (Å²) in [5.41, 5.74) is 4.59. The number of halogens is 2. The first kappa shape index (κ1) is 29.9. The lowest BCUT2D eigenvalue weighted by Crippen LogP contribution is -2.43. The zero-order valence-corrected chi connectivity index (χ0v) is 26.1. The number of pyridine rings is 1. The van der Waals surface area contributed by atoms with E-state index in [1.165, 1.54) is 18.4 Å². The van der Waals surface area contributed by atoms with Crippen molar-refractivity contribution in [3.05, 3.63) is 99.4 Å². The Morgan fingerprint density at radius 3 is 2.51 bits per heavy atom. The molecule has 224 valence electrons. The van der Waals surface area contributed by atoms with Gasteiger partial charge in [0, 0.05) is 55.9 Å². The third-order valence-corrected chi connectivity index (χ3v) is 10.0. The lowest BCUT2D eigenvalue weighted by molar-refractivity contribution is 0.0804. The molecule has 2 saturated heterocycles. The Balaban J connectivity index is 1.10. The predicted molar refractivity (Wildman–Crippen MR) is 173 cm³/mol. The molecule has 4 aromatic rings. The Labute approximate surface area is 263 Å². The number of hydrogen-bond acceptors (Lipinski definition) is 4. The highest BCUT2D eigenvalue weighted by atomic mass is 35.5. The van der Waals surface area contributed by atoms with Crippen molar-refractivity contribution in [1.82, 2.24) is 19.8 Å². The van der Waals surface area contributed by atoms with Crippen LogP contribution < -0.4 is 5.32 Å². The van der Waals surface area contributed by atoms with Crippen LogP contribution in [0.15, 0.2) is 67.0 Å². The summed E-state index contributed by atoms with van der Waals surface area (Å²) in [6.45, 7) is 4.42. The van der Waals surface area contributed by atoms with Gasteiger partial charge in [0.1, 0.15) is 5.69 Å². The van der Waals surface area contributed by atoms with Gasteiger partial charge in [-0.25, -0.2) is 0 Å². The van der Waals surface area contributed by atoms with Crippen LogP contribution in [0.3, 0.4) is 0 Å². The van der Waals surface area contributed by atoms with Crippen molar-refractivity contribution in [3.8, 4) is 0 Å². The molecule has 6 rings (SSSR count). The molecule has 43 heavy (non-hydrogen) atoms. The van der Waals surface area contributed by atoms with E-state index in [2.05, 4.69) is 38.8 Å². The Hall–Kier alpha value is -3.19. The van der Waals surface area contributed by atoms with Crippen molar-refractivity contribution in [2.24, 2.45) is 5.92 Å². The second-order valence-electron chi connectivity index (χ2n) is 12.0. The van der Waals surface area contributed by atoms with Crippen molar-refractivity contribution in [2.45, 2.75) is 77.0 Å². The zero-order valence-electron chi connectivity index (χ0n) is 24.6. The minimum absolute atomic E-state index is 0.0940. The molecule has 2 aliphatic rings. The number of benzene rings is 2. The highest BCUT2D eigenvalue weighted by Gasteiger charge is 2.40. The van der Waals surface area contributed by atoms with E-state index in [0.29, 0.717) is 52.3 Å². The van der Waals surface area contributed by atoms with Crippen molar-refractivity contribution in [2.75, 3.05) is 6.54 Å². The second kappa shape index (κ2) is 13.2. The number of hydrogen-bond donors (Lipinski definition) is 1. The van der Waals surface area contributed by atoms with Gasteiger partial charge in [0.05, 0.1) is 21.1 Å². The molecule has 1 N–H and O–H groups in total. The van der Waals surface area contributed by atoms with Gasteiger partial charge in [-0.3, -0.25) is 19.5 Å². The van der Waals surface area contributed by atoms with E-state index in [-0.39, 0.29) is 11.7 Å². The predicted octanol–water partition coefficient (Wildman–Crippen LogP) is 7.74. The molecule has 4 heterocycles. The second-order valence-corrected chi connectivity index (χ2v) is 12.8. The molecular weight excluding hydrogens is 579 g/mol. The molecular formula is C35H38Cl2N4O2. The number of ketones is 1. The van der Waals surface area contributed by atoms with Gasteiger partial charge >= 0.3 is 0 Å². The molecule has 3 atom stereocenters. The molecule has 1 amide bonds.